The lowest BCUT2D eigenvalue weighted by molar-refractivity contribution is 0.182. The van der Waals surface area contributed by atoms with E-state index in [1.165, 1.54) is 25.8 Å². The Balaban J connectivity index is 1.84. The lowest BCUT2D eigenvalue weighted by Crippen LogP contribution is -2.37. The summed E-state index contributed by atoms with van der Waals surface area (Å²) in [4.78, 5) is 6.96. The van der Waals surface area contributed by atoms with Crippen LogP contribution in [0.4, 0.5) is 0 Å². The first-order valence-corrected chi connectivity index (χ1v) is 6.82. The Kier molecular flexibility index (Phi) is 3.22. The minimum Gasteiger partial charge on any atom is -0.303 e. The Morgan fingerprint density at radius 2 is 2.28 bits per heavy atom. The average molecular weight is 265 g/mol. The van der Waals surface area contributed by atoms with E-state index < -0.39 is 0 Å². The number of piperidine rings is 1. The molecule has 0 radical (unpaired) electrons. The van der Waals surface area contributed by atoms with Crippen molar-refractivity contribution in [3.63, 3.8) is 0 Å². The van der Waals surface area contributed by atoms with Crippen LogP contribution in [0.3, 0.4) is 0 Å². The summed E-state index contributed by atoms with van der Waals surface area (Å²) < 4.78 is 1.71. The number of aromatic nitrogens is 3. The largest absolute Gasteiger partial charge is 0.303 e. The van der Waals surface area contributed by atoms with Gasteiger partial charge in [0, 0.05) is 12.5 Å². The number of nitrogens with zero attached hydrogens (tertiary/aromatic N) is 4. The van der Waals surface area contributed by atoms with Gasteiger partial charge in [-0.05, 0) is 38.6 Å². The maximum atomic E-state index is 6.09. The molecule has 0 amide bonds. The Morgan fingerprint density at radius 1 is 1.39 bits per heavy atom. The van der Waals surface area contributed by atoms with Gasteiger partial charge in [0.2, 0.25) is 0 Å². The minimum absolute atomic E-state index is 0.565. The molecule has 0 bridgehead atoms. The Labute approximate surface area is 112 Å². The summed E-state index contributed by atoms with van der Waals surface area (Å²) in [6.07, 6.45) is 4.76. The number of hydrogen-bond donors (Lipinski definition) is 0. The molecule has 18 heavy (non-hydrogen) atoms. The van der Waals surface area contributed by atoms with Gasteiger partial charge in [-0.3, -0.25) is 0 Å². The van der Waals surface area contributed by atoms with Crippen LogP contribution < -0.4 is 0 Å². The molecule has 96 valence electrons. The second-order valence-corrected chi connectivity index (χ2v) is 5.37. The number of pyridine rings is 1. The molecule has 5 heteroatoms. The third kappa shape index (κ3) is 2.22. The molecule has 1 unspecified atom stereocenters. The second-order valence-electron chi connectivity index (χ2n) is 4.98. The van der Waals surface area contributed by atoms with Gasteiger partial charge in [0.25, 0.3) is 0 Å². The smallest absolute Gasteiger partial charge is 0.157 e. The van der Waals surface area contributed by atoms with Crippen LogP contribution in [0.15, 0.2) is 18.2 Å². The highest BCUT2D eigenvalue weighted by molar-refractivity contribution is 6.29. The quantitative estimate of drug-likeness (QED) is 0.781. The van der Waals surface area contributed by atoms with Gasteiger partial charge in [-0.2, -0.15) is 0 Å². The molecule has 2 aromatic heterocycles. The zero-order chi connectivity index (χ0) is 12.5. The fourth-order valence-electron chi connectivity index (χ4n) is 2.62. The molecule has 4 nitrogen and oxygen atoms in total. The van der Waals surface area contributed by atoms with E-state index in [9.17, 15) is 0 Å². The molecule has 0 aromatic carbocycles. The number of likely N-dealkylation sites (tertiary alicyclic amines) is 1. The van der Waals surface area contributed by atoms with E-state index in [0.29, 0.717) is 11.2 Å². The number of hydrogen-bond acceptors (Lipinski definition) is 3. The van der Waals surface area contributed by atoms with Gasteiger partial charge >= 0.3 is 0 Å². The SMILES string of the molecule is CN1CCCCC1Cc1nc2cccc(Cl)n2n1. The van der Waals surface area contributed by atoms with Crippen molar-refractivity contribution in [2.24, 2.45) is 0 Å². The van der Waals surface area contributed by atoms with Crippen molar-refractivity contribution in [3.05, 3.63) is 29.2 Å². The summed E-state index contributed by atoms with van der Waals surface area (Å²) in [6.45, 7) is 1.18. The molecule has 3 rings (SSSR count). The maximum absolute atomic E-state index is 6.09. The van der Waals surface area contributed by atoms with Crippen LogP contribution in [0.25, 0.3) is 5.65 Å². The van der Waals surface area contributed by atoms with Gasteiger partial charge in [0.1, 0.15) is 5.15 Å². The predicted molar refractivity (Wildman–Crippen MR) is 72.0 cm³/mol. The number of fused-ring (bicyclic) bond motifs is 1. The first kappa shape index (κ1) is 11.9. The Morgan fingerprint density at radius 3 is 3.06 bits per heavy atom. The molecule has 2 aromatic rings. The zero-order valence-corrected chi connectivity index (χ0v) is 11.3. The van der Waals surface area contributed by atoms with E-state index in [2.05, 4.69) is 22.0 Å². The molecular formula is C13H17ClN4. The molecule has 1 atom stereocenters. The van der Waals surface area contributed by atoms with Crippen LogP contribution in [0.2, 0.25) is 5.15 Å². The van der Waals surface area contributed by atoms with Crippen LogP contribution in [-0.2, 0) is 6.42 Å². The average Bonchev–Trinajstić information content (AvgIpc) is 2.76. The van der Waals surface area contributed by atoms with Crippen molar-refractivity contribution in [3.8, 4) is 0 Å². The second kappa shape index (κ2) is 4.86. The Hall–Kier alpha value is -1.13. The van der Waals surface area contributed by atoms with Crippen molar-refractivity contribution in [2.75, 3.05) is 13.6 Å². The van der Waals surface area contributed by atoms with E-state index in [0.717, 1.165) is 17.9 Å². The van der Waals surface area contributed by atoms with E-state index >= 15 is 0 Å². The van der Waals surface area contributed by atoms with Crippen LogP contribution in [0.1, 0.15) is 25.1 Å². The maximum Gasteiger partial charge on any atom is 0.157 e. The first-order chi connectivity index (χ1) is 8.74. The summed E-state index contributed by atoms with van der Waals surface area (Å²) in [7, 11) is 2.19. The summed E-state index contributed by atoms with van der Waals surface area (Å²) in [6, 6.07) is 6.24. The monoisotopic (exact) mass is 264 g/mol. The van der Waals surface area contributed by atoms with Crippen molar-refractivity contribution in [1.82, 2.24) is 19.5 Å². The summed E-state index contributed by atoms with van der Waals surface area (Å²) >= 11 is 6.09. The normalized spacial score (nSPS) is 21.6. The zero-order valence-electron chi connectivity index (χ0n) is 10.5. The lowest BCUT2D eigenvalue weighted by atomic mass is 10.00. The highest BCUT2D eigenvalue weighted by atomic mass is 35.5. The molecule has 1 aliphatic heterocycles. The lowest BCUT2D eigenvalue weighted by Gasteiger charge is -2.31. The number of rotatable bonds is 2. The summed E-state index contributed by atoms with van der Waals surface area (Å²) in [5.74, 6) is 0.891. The van der Waals surface area contributed by atoms with Crippen LogP contribution in [0.5, 0.6) is 0 Å². The standard InChI is InChI=1S/C13H17ClN4/c1-17-8-3-2-5-10(17)9-12-15-13-7-4-6-11(14)18(13)16-12/h4,6-7,10H,2-3,5,8-9H2,1H3. The molecule has 0 saturated carbocycles. The highest BCUT2D eigenvalue weighted by Gasteiger charge is 2.21. The Bertz CT molecular complexity index is 551. The highest BCUT2D eigenvalue weighted by Crippen LogP contribution is 2.19. The van der Waals surface area contributed by atoms with E-state index in [1.54, 1.807) is 4.52 Å². The van der Waals surface area contributed by atoms with Crippen molar-refractivity contribution in [2.45, 2.75) is 31.7 Å². The molecule has 1 saturated heterocycles. The van der Waals surface area contributed by atoms with Crippen LogP contribution >= 0.6 is 11.6 Å². The van der Waals surface area contributed by atoms with E-state index in [1.807, 2.05) is 18.2 Å². The topological polar surface area (TPSA) is 33.4 Å². The third-order valence-corrected chi connectivity index (χ3v) is 3.98. The van der Waals surface area contributed by atoms with Gasteiger partial charge in [0.15, 0.2) is 11.5 Å². The van der Waals surface area contributed by atoms with Gasteiger partial charge in [-0.1, -0.05) is 24.1 Å². The molecule has 0 aliphatic carbocycles. The van der Waals surface area contributed by atoms with Crippen LogP contribution in [-0.4, -0.2) is 39.1 Å². The molecule has 1 aliphatic rings. The molecular weight excluding hydrogens is 248 g/mol. The van der Waals surface area contributed by atoms with Gasteiger partial charge in [0.05, 0.1) is 0 Å². The molecule has 3 heterocycles. The third-order valence-electron chi connectivity index (χ3n) is 3.70. The van der Waals surface area contributed by atoms with Crippen molar-refractivity contribution in [1.29, 1.82) is 0 Å². The summed E-state index contributed by atoms with van der Waals surface area (Å²) in [5.41, 5.74) is 0.830. The predicted octanol–water partition coefficient (Wildman–Crippen LogP) is 2.41. The van der Waals surface area contributed by atoms with E-state index in [4.69, 9.17) is 11.6 Å². The number of halogens is 1. The summed E-state index contributed by atoms with van der Waals surface area (Å²) in [5, 5.41) is 5.10. The van der Waals surface area contributed by atoms with Crippen molar-refractivity contribution < 1.29 is 0 Å². The van der Waals surface area contributed by atoms with Crippen molar-refractivity contribution >= 4 is 17.2 Å². The van der Waals surface area contributed by atoms with E-state index in [-0.39, 0.29) is 0 Å². The number of likely N-dealkylation sites (N-methyl/N-ethyl adjacent to an activating group) is 1. The van der Waals surface area contributed by atoms with Gasteiger partial charge < -0.3 is 4.90 Å². The molecule has 0 N–H and O–H groups in total. The molecule has 0 spiro atoms. The minimum atomic E-state index is 0.565. The fourth-order valence-corrected chi connectivity index (χ4v) is 2.81. The van der Waals surface area contributed by atoms with Gasteiger partial charge in [-0.15, -0.1) is 5.10 Å². The fraction of sp³-hybridized carbons (Fsp3) is 0.538. The van der Waals surface area contributed by atoms with Gasteiger partial charge in [-0.25, -0.2) is 9.50 Å². The first-order valence-electron chi connectivity index (χ1n) is 6.44. The molecule has 1 fully saturated rings. The van der Waals surface area contributed by atoms with Crippen LogP contribution in [0, 0.1) is 0 Å².